The van der Waals surface area contributed by atoms with Crippen LogP contribution in [0.2, 0.25) is 0 Å². The van der Waals surface area contributed by atoms with Gasteiger partial charge in [0.05, 0.1) is 0 Å². The summed E-state index contributed by atoms with van der Waals surface area (Å²) < 4.78 is 0. The van der Waals surface area contributed by atoms with Crippen LogP contribution < -0.4 is 5.73 Å². The largest absolute Gasteiger partial charge is 0.330 e. The van der Waals surface area contributed by atoms with Crippen LogP contribution in [0.15, 0.2) is 0 Å². The maximum atomic E-state index is 5.58. The quantitative estimate of drug-likeness (QED) is 0.692. The summed E-state index contributed by atoms with van der Waals surface area (Å²) in [5.41, 5.74) is 5.58. The van der Waals surface area contributed by atoms with Crippen molar-refractivity contribution in [2.24, 2.45) is 29.4 Å². The van der Waals surface area contributed by atoms with Gasteiger partial charge in [-0.2, -0.15) is 0 Å². The molecule has 0 radical (unpaired) electrons. The molecule has 2 aliphatic carbocycles. The second-order valence-corrected chi connectivity index (χ2v) is 5.35. The van der Waals surface area contributed by atoms with E-state index in [1.165, 1.54) is 38.5 Å². The van der Waals surface area contributed by atoms with E-state index in [0.29, 0.717) is 0 Å². The van der Waals surface area contributed by atoms with E-state index < -0.39 is 0 Å². The van der Waals surface area contributed by atoms with Crippen molar-refractivity contribution in [3.8, 4) is 0 Å². The molecule has 1 heteroatoms. The van der Waals surface area contributed by atoms with E-state index in [1.807, 2.05) is 0 Å². The monoisotopic (exact) mass is 195 g/mol. The summed E-state index contributed by atoms with van der Waals surface area (Å²) in [5.74, 6) is 4.36. The lowest BCUT2D eigenvalue weighted by Gasteiger charge is -2.27. The Labute approximate surface area is 88.4 Å². The molecule has 0 bridgehead atoms. The molecular weight excluding hydrogens is 170 g/mol. The molecule has 2 N–H and O–H groups in total. The average molecular weight is 195 g/mol. The Bertz CT molecular complexity index is 174. The van der Waals surface area contributed by atoms with E-state index in [9.17, 15) is 0 Å². The summed E-state index contributed by atoms with van der Waals surface area (Å²) in [7, 11) is 0. The fourth-order valence-corrected chi connectivity index (χ4v) is 3.29. The fourth-order valence-electron chi connectivity index (χ4n) is 3.29. The SMILES string of the molecule is CCC(CCCN)C1CC1C1CCC1. The normalized spacial score (nSPS) is 33.9. The molecule has 14 heavy (non-hydrogen) atoms. The lowest BCUT2D eigenvalue weighted by molar-refractivity contribution is 0.244. The first-order valence-corrected chi connectivity index (χ1v) is 6.56. The minimum Gasteiger partial charge on any atom is -0.330 e. The molecule has 0 aromatic heterocycles. The van der Waals surface area contributed by atoms with Gasteiger partial charge in [0, 0.05) is 0 Å². The molecule has 2 fully saturated rings. The van der Waals surface area contributed by atoms with Crippen molar-refractivity contribution in [1.29, 1.82) is 0 Å². The third-order valence-electron chi connectivity index (χ3n) is 4.56. The molecule has 1 nitrogen and oxygen atoms in total. The predicted octanol–water partition coefficient (Wildman–Crippen LogP) is 3.19. The van der Waals surface area contributed by atoms with E-state index in [0.717, 1.165) is 30.2 Å². The molecule has 2 rings (SSSR count). The standard InChI is InChI=1S/C13H25N/c1-2-10(7-4-8-14)12-9-13(12)11-5-3-6-11/h10-13H,2-9,14H2,1H3. The summed E-state index contributed by atoms with van der Waals surface area (Å²) in [6, 6.07) is 0. The molecule has 0 heterocycles. The molecule has 0 amide bonds. The lowest BCUT2D eigenvalue weighted by Crippen LogP contribution is -2.16. The first kappa shape index (κ1) is 10.5. The highest BCUT2D eigenvalue weighted by atomic mass is 14.5. The molecule has 3 unspecified atom stereocenters. The first-order valence-electron chi connectivity index (χ1n) is 6.56. The van der Waals surface area contributed by atoms with Gasteiger partial charge in [0.2, 0.25) is 0 Å². The third kappa shape index (κ3) is 2.13. The topological polar surface area (TPSA) is 26.0 Å². The Morgan fingerprint density at radius 2 is 2.14 bits per heavy atom. The molecule has 0 aromatic carbocycles. The molecule has 2 aliphatic rings. The maximum absolute atomic E-state index is 5.58. The van der Waals surface area contributed by atoms with Gasteiger partial charge in [-0.1, -0.05) is 32.6 Å². The van der Waals surface area contributed by atoms with Gasteiger partial charge >= 0.3 is 0 Å². The van der Waals surface area contributed by atoms with E-state index in [1.54, 1.807) is 6.42 Å². The maximum Gasteiger partial charge on any atom is -0.00772 e. The van der Waals surface area contributed by atoms with Gasteiger partial charge in [0.1, 0.15) is 0 Å². The van der Waals surface area contributed by atoms with Gasteiger partial charge in [-0.3, -0.25) is 0 Å². The summed E-state index contributed by atoms with van der Waals surface area (Å²) in [5, 5.41) is 0. The van der Waals surface area contributed by atoms with Crippen molar-refractivity contribution >= 4 is 0 Å². The van der Waals surface area contributed by atoms with Crippen LogP contribution in [0.25, 0.3) is 0 Å². The molecule has 0 spiro atoms. The highest BCUT2D eigenvalue weighted by Crippen LogP contribution is 2.56. The second-order valence-electron chi connectivity index (χ2n) is 5.35. The van der Waals surface area contributed by atoms with Gasteiger partial charge in [-0.15, -0.1) is 0 Å². The fraction of sp³-hybridized carbons (Fsp3) is 1.00. The van der Waals surface area contributed by atoms with Crippen molar-refractivity contribution in [2.45, 2.75) is 51.9 Å². The van der Waals surface area contributed by atoms with E-state index in [2.05, 4.69) is 6.92 Å². The second kappa shape index (κ2) is 4.65. The van der Waals surface area contributed by atoms with Crippen molar-refractivity contribution in [3.05, 3.63) is 0 Å². The Morgan fingerprint density at radius 1 is 1.36 bits per heavy atom. The van der Waals surface area contributed by atoms with Crippen molar-refractivity contribution in [1.82, 2.24) is 0 Å². The molecule has 82 valence electrons. The van der Waals surface area contributed by atoms with Crippen LogP contribution in [0.1, 0.15) is 51.9 Å². The minimum absolute atomic E-state index is 0.886. The molecule has 0 aliphatic heterocycles. The third-order valence-corrected chi connectivity index (χ3v) is 4.56. The van der Waals surface area contributed by atoms with E-state index in [4.69, 9.17) is 5.73 Å². The summed E-state index contributed by atoms with van der Waals surface area (Å²) in [6.45, 7) is 3.24. The van der Waals surface area contributed by atoms with Crippen molar-refractivity contribution in [3.63, 3.8) is 0 Å². The smallest absolute Gasteiger partial charge is 0.00772 e. The number of hydrogen-bond acceptors (Lipinski definition) is 1. The molecular formula is C13H25N. The van der Waals surface area contributed by atoms with Gasteiger partial charge in [0.25, 0.3) is 0 Å². The van der Waals surface area contributed by atoms with Gasteiger partial charge < -0.3 is 5.73 Å². The predicted molar refractivity (Wildman–Crippen MR) is 61.0 cm³/mol. The first-order chi connectivity index (χ1) is 6.86. The average Bonchev–Trinajstić information content (AvgIpc) is 2.83. The van der Waals surface area contributed by atoms with Crippen LogP contribution in [-0.2, 0) is 0 Å². The summed E-state index contributed by atoms with van der Waals surface area (Å²) in [6.07, 6.45) is 10.1. The minimum atomic E-state index is 0.886. The number of nitrogens with two attached hydrogens (primary N) is 1. The number of rotatable bonds is 6. The highest BCUT2D eigenvalue weighted by Gasteiger charge is 2.47. The Balaban J connectivity index is 1.71. The molecule has 3 atom stereocenters. The number of hydrogen-bond donors (Lipinski definition) is 1. The van der Waals surface area contributed by atoms with Crippen LogP contribution in [-0.4, -0.2) is 6.54 Å². The molecule has 2 saturated carbocycles. The molecule has 0 saturated heterocycles. The Morgan fingerprint density at radius 3 is 2.64 bits per heavy atom. The van der Waals surface area contributed by atoms with E-state index in [-0.39, 0.29) is 0 Å². The zero-order valence-corrected chi connectivity index (χ0v) is 9.54. The van der Waals surface area contributed by atoms with Crippen LogP contribution >= 0.6 is 0 Å². The van der Waals surface area contributed by atoms with Crippen molar-refractivity contribution in [2.75, 3.05) is 6.54 Å². The van der Waals surface area contributed by atoms with Crippen LogP contribution in [0.5, 0.6) is 0 Å². The van der Waals surface area contributed by atoms with E-state index >= 15 is 0 Å². The van der Waals surface area contributed by atoms with Gasteiger partial charge in [0.15, 0.2) is 0 Å². The highest BCUT2D eigenvalue weighted by molar-refractivity contribution is 4.97. The zero-order chi connectivity index (χ0) is 9.97. The Hall–Kier alpha value is -0.0400. The van der Waals surface area contributed by atoms with Crippen LogP contribution in [0.4, 0.5) is 0 Å². The van der Waals surface area contributed by atoms with Gasteiger partial charge in [-0.25, -0.2) is 0 Å². The summed E-state index contributed by atoms with van der Waals surface area (Å²) in [4.78, 5) is 0. The summed E-state index contributed by atoms with van der Waals surface area (Å²) >= 11 is 0. The van der Waals surface area contributed by atoms with Gasteiger partial charge in [-0.05, 0) is 49.5 Å². The zero-order valence-electron chi connectivity index (χ0n) is 9.54. The van der Waals surface area contributed by atoms with Crippen LogP contribution in [0, 0.1) is 23.7 Å². The lowest BCUT2D eigenvalue weighted by atomic mass is 9.79. The van der Waals surface area contributed by atoms with Crippen molar-refractivity contribution < 1.29 is 0 Å². The Kier molecular flexibility index (Phi) is 3.48. The van der Waals surface area contributed by atoms with Crippen LogP contribution in [0.3, 0.4) is 0 Å². The molecule has 0 aromatic rings.